The first kappa shape index (κ1) is 24.8. The first-order valence-corrected chi connectivity index (χ1v) is 13.1. The Morgan fingerprint density at radius 3 is 2.32 bits per heavy atom. The average molecular weight is 513 g/mol. The van der Waals surface area contributed by atoms with Gasteiger partial charge in [0, 0.05) is 16.3 Å². The number of thiophene rings is 2. The highest BCUT2D eigenvalue weighted by molar-refractivity contribution is 7.17. The van der Waals surface area contributed by atoms with Gasteiger partial charge < -0.3 is 10.1 Å². The van der Waals surface area contributed by atoms with Crippen molar-refractivity contribution in [2.45, 2.75) is 70.5 Å². The predicted molar refractivity (Wildman–Crippen MR) is 128 cm³/mol. The lowest BCUT2D eigenvalue weighted by Gasteiger charge is -2.15. The molecule has 0 saturated carbocycles. The molecule has 2 aromatic rings. The summed E-state index contributed by atoms with van der Waals surface area (Å²) in [6, 6.07) is -0.636. The van der Waals surface area contributed by atoms with Crippen molar-refractivity contribution in [3.05, 3.63) is 49.5 Å². The molecule has 2 N–H and O–H groups in total. The van der Waals surface area contributed by atoms with Crippen LogP contribution in [0.5, 0.6) is 0 Å². The molecule has 5 nitrogen and oxygen atoms in total. The van der Waals surface area contributed by atoms with Crippen LogP contribution in [0, 0.1) is 0 Å². The summed E-state index contributed by atoms with van der Waals surface area (Å²) in [7, 11) is 0. The summed E-state index contributed by atoms with van der Waals surface area (Å²) in [5, 5.41) is 5.69. The largest absolute Gasteiger partial charge is 0.462 e. The number of esters is 1. The molecule has 0 radical (unpaired) electrons. The maximum atomic E-state index is 13.6. The summed E-state index contributed by atoms with van der Waals surface area (Å²) in [5.41, 5.74) is 2.16. The molecule has 0 atom stereocenters. The van der Waals surface area contributed by atoms with E-state index in [0.717, 1.165) is 70.7 Å². The maximum Gasteiger partial charge on any atom is 0.425 e. The van der Waals surface area contributed by atoms with Gasteiger partial charge in [-0.2, -0.15) is 13.2 Å². The molecule has 0 bridgehead atoms. The van der Waals surface area contributed by atoms with Crippen LogP contribution in [0.4, 0.5) is 23.0 Å². The molecule has 2 heterocycles. The molecule has 0 fully saturated rings. The number of hydrogen-bond acceptors (Lipinski definition) is 5. The lowest BCUT2D eigenvalue weighted by Crippen LogP contribution is -2.29. The van der Waals surface area contributed by atoms with Gasteiger partial charge in [0.15, 0.2) is 0 Å². The predicted octanol–water partition coefficient (Wildman–Crippen LogP) is 6.64. The van der Waals surface area contributed by atoms with Crippen LogP contribution in [0.15, 0.2) is 12.7 Å². The topological polar surface area (TPSA) is 67.4 Å². The number of carbonyl (C=O) groups is 2. The van der Waals surface area contributed by atoms with E-state index >= 15 is 0 Å². The molecular formula is C24H27F3N2O3S2. The highest BCUT2D eigenvalue weighted by Crippen LogP contribution is 2.43. The van der Waals surface area contributed by atoms with Crippen molar-refractivity contribution in [2.75, 3.05) is 11.9 Å². The SMILES string of the molecule is C=CCCOC(=O)c1c(NC(=O)NCc2c(C(F)(F)F)sc3c2CCCC3)sc2c1CCCC2. The zero-order valence-electron chi connectivity index (χ0n) is 18.7. The van der Waals surface area contributed by atoms with E-state index in [1.165, 1.54) is 11.3 Å². The number of aryl methyl sites for hydroxylation is 2. The standard InChI is InChI=1S/C24H27F3N2O3S2/c1-2-3-12-32-22(30)19-15-9-5-7-11-18(15)34-21(19)29-23(31)28-13-16-14-8-4-6-10-17(14)33-20(16)24(25,26)27/h2H,1,3-13H2,(H2,28,29,31). The molecule has 2 amide bonds. The van der Waals surface area contributed by atoms with Crippen molar-refractivity contribution in [1.82, 2.24) is 5.32 Å². The van der Waals surface area contributed by atoms with Crippen LogP contribution >= 0.6 is 22.7 Å². The fourth-order valence-electron chi connectivity index (χ4n) is 4.54. The van der Waals surface area contributed by atoms with Crippen LogP contribution in [0.3, 0.4) is 0 Å². The number of anilines is 1. The van der Waals surface area contributed by atoms with Crippen molar-refractivity contribution in [1.29, 1.82) is 0 Å². The summed E-state index contributed by atoms with van der Waals surface area (Å²) in [6.07, 6.45) is 4.21. The minimum Gasteiger partial charge on any atom is -0.462 e. The van der Waals surface area contributed by atoms with E-state index in [1.54, 1.807) is 6.08 Å². The highest BCUT2D eigenvalue weighted by atomic mass is 32.1. The second-order valence-corrected chi connectivity index (χ2v) is 10.7. The average Bonchev–Trinajstić information content (AvgIpc) is 3.36. The third kappa shape index (κ3) is 5.33. The molecule has 0 aromatic carbocycles. The molecule has 10 heteroatoms. The number of rotatable bonds is 7. The fourth-order valence-corrected chi connectivity index (χ4v) is 7.09. The van der Waals surface area contributed by atoms with Gasteiger partial charge in [-0.25, -0.2) is 9.59 Å². The zero-order chi connectivity index (χ0) is 24.3. The third-order valence-corrected chi connectivity index (χ3v) is 8.71. The number of ether oxygens (including phenoxy) is 1. The van der Waals surface area contributed by atoms with Gasteiger partial charge in [-0.3, -0.25) is 5.32 Å². The summed E-state index contributed by atoms with van der Waals surface area (Å²) >= 11 is 2.14. The summed E-state index contributed by atoms with van der Waals surface area (Å²) in [5.74, 6) is -0.497. The number of halogens is 3. The summed E-state index contributed by atoms with van der Waals surface area (Å²) in [4.78, 5) is 26.7. The Bertz CT molecular complexity index is 1090. The Labute approximate surface area is 204 Å². The highest BCUT2D eigenvalue weighted by Gasteiger charge is 2.38. The fraction of sp³-hybridized carbons (Fsp3) is 0.500. The minimum absolute atomic E-state index is 0.164. The van der Waals surface area contributed by atoms with Crippen molar-refractivity contribution < 1.29 is 27.5 Å². The monoisotopic (exact) mass is 512 g/mol. The van der Waals surface area contributed by atoms with Gasteiger partial charge in [0.25, 0.3) is 0 Å². The lowest BCUT2D eigenvalue weighted by molar-refractivity contribution is -0.135. The Balaban J connectivity index is 1.51. The Hall–Kier alpha value is -2.33. The molecule has 2 aromatic heterocycles. The van der Waals surface area contributed by atoms with Crippen LogP contribution < -0.4 is 10.6 Å². The van der Waals surface area contributed by atoms with Crippen molar-refractivity contribution in [3.63, 3.8) is 0 Å². The molecule has 0 saturated heterocycles. The third-order valence-electron chi connectivity index (χ3n) is 6.12. The van der Waals surface area contributed by atoms with E-state index in [1.807, 2.05) is 0 Å². The van der Waals surface area contributed by atoms with Gasteiger partial charge in [-0.05, 0) is 74.5 Å². The van der Waals surface area contributed by atoms with Crippen LogP contribution in [0.25, 0.3) is 0 Å². The van der Waals surface area contributed by atoms with Gasteiger partial charge in [-0.15, -0.1) is 29.3 Å². The molecule has 184 valence electrons. The Morgan fingerprint density at radius 2 is 1.65 bits per heavy atom. The van der Waals surface area contributed by atoms with Gasteiger partial charge in [-0.1, -0.05) is 6.08 Å². The molecule has 34 heavy (non-hydrogen) atoms. The summed E-state index contributed by atoms with van der Waals surface area (Å²) < 4.78 is 46.2. The lowest BCUT2D eigenvalue weighted by atomic mass is 9.94. The van der Waals surface area contributed by atoms with E-state index < -0.39 is 23.1 Å². The van der Waals surface area contributed by atoms with E-state index in [0.29, 0.717) is 29.8 Å². The van der Waals surface area contributed by atoms with Gasteiger partial charge in [0.2, 0.25) is 0 Å². The second-order valence-electron chi connectivity index (χ2n) is 8.45. The van der Waals surface area contributed by atoms with Crippen molar-refractivity contribution >= 4 is 39.7 Å². The Kier molecular flexibility index (Phi) is 7.67. The Morgan fingerprint density at radius 1 is 1.00 bits per heavy atom. The molecule has 4 rings (SSSR count). The van der Waals surface area contributed by atoms with E-state index in [-0.39, 0.29) is 18.7 Å². The molecule has 0 unspecified atom stereocenters. The quantitative estimate of drug-likeness (QED) is 0.248. The van der Waals surface area contributed by atoms with Gasteiger partial charge >= 0.3 is 18.2 Å². The summed E-state index contributed by atoms with van der Waals surface area (Å²) in [6.45, 7) is 3.60. The molecule has 2 aliphatic rings. The molecule has 0 spiro atoms. The minimum atomic E-state index is -4.45. The maximum absolute atomic E-state index is 13.6. The second kappa shape index (κ2) is 10.5. The number of alkyl halides is 3. The van der Waals surface area contributed by atoms with Crippen molar-refractivity contribution in [2.24, 2.45) is 0 Å². The van der Waals surface area contributed by atoms with Crippen LogP contribution in [-0.2, 0) is 43.1 Å². The van der Waals surface area contributed by atoms with Crippen LogP contribution in [0.2, 0.25) is 0 Å². The van der Waals surface area contributed by atoms with Crippen LogP contribution in [0.1, 0.15) is 73.8 Å². The van der Waals surface area contributed by atoms with Gasteiger partial charge in [0.05, 0.1) is 12.2 Å². The first-order chi connectivity index (χ1) is 16.3. The van der Waals surface area contributed by atoms with Crippen LogP contribution in [-0.4, -0.2) is 18.6 Å². The van der Waals surface area contributed by atoms with Crippen molar-refractivity contribution in [3.8, 4) is 0 Å². The normalized spacial score (nSPS) is 15.3. The number of carbonyl (C=O) groups excluding carboxylic acids is 2. The molecule has 0 aliphatic heterocycles. The van der Waals surface area contributed by atoms with E-state index in [9.17, 15) is 22.8 Å². The van der Waals surface area contributed by atoms with Gasteiger partial charge in [0.1, 0.15) is 9.88 Å². The number of fused-ring (bicyclic) bond motifs is 2. The molecule has 2 aliphatic carbocycles. The van der Waals surface area contributed by atoms with E-state index in [4.69, 9.17) is 4.74 Å². The first-order valence-electron chi connectivity index (χ1n) is 11.5. The molecular weight excluding hydrogens is 485 g/mol. The number of nitrogens with one attached hydrogen (secondary N) is 2. The van der Waals surface area contributed by atoms with E-state index in [2.05, 4.69) is 17.2 Å². The smallest absolute Gasteiger partial charge is 0.425 e. The number of amides is 2. The number of urea groups is 1. The number of hydrogen-bond donors (Lipinski definition) is 2. The zero-order valence-corrected chi connectivity index (χ0v) is 20.4.